The number of allylic oxidation sites excluding steroid dienone is 6. The van der Waals surface area contributed by atoms with Gasteiger partial charge in [-0.3, -0.25) is 9.11 Å². The van der Waals surface area contributed by atoms with E-state index in [4.69, 9.17) is 0 Å². The van der Waals surface area contributed by atoms with Crippen molar-refractivity contribution in [3.8, 4) is 0 Å². The molecule has 0 aromatic heterocycles. The monoisotopic (exact) mass is 476 g/mol. The van der Waals surface area contributed by atoms with E-state index in [-0.39, 0.29) is 5.83 Å². The molecular formula is C29H33FN2OS. The molecule has 2 aromatic rings. The van der Waals surface area contributed by atoms with Gasteiger partial charge in [-0.25, -0.2) is 4.39 Å². The number of nitrogens with zero attached hydrogens (tertiary/aromatic N) is 1. The topological polar surface area (TPSA) is 32.3 Å². The summed E-state index contributed by atoms with van der Waals surface area (Å²) in [5.41, 5.74) is 8.74. The van der Waals surface area contributed by atoms with E-state index in [1.165, 1.54) is 11.1 Å². The molecule has 3 nitrogen and oxygen atoms in total. The van der Waals surface area contributed by atoms with Gasteiger partial charge in [-0.05, 0) is 79.1 Å². The molecule has 0 spiro atoms. The first kappa shape index (κ1) is 23.3. The van der Waals surface area contributed by atoms with Crippen LogP contribution >= 0.6 is 0 Å². The van der Waals surface area contributed by atoms with Crippen molar-refractivity contribution in [1.29, 1.82) is 0 Å². The Morgan fingerprint density at radius 1 is 1.24 bits per heavy atom. The molecule has 5 heteroatoms. The van der Waals surface area contributed by atoms with Crippen molar-refractivity contribution in [1.82, 2.24) is 4.90 Å². The first-order valence-electron chi connectivity index (χ1n) is 12.4. The molecule has 1 fully saturated rings. The van der Waals surface area contributed by atoms with Gasteiger partial charge >= 0.3 is 0 Å². The maximum Gasteiger partial charge on any atom is 0.130 e. The number of hydrogen-bond donors (Lipinski definition) is 1. The molecule has 0 amide bonds. The van der Waals surface area contributed by atoms with E-state index in [1.807, 2.05) is 12.2 Å². The van der Waals surface area contributed by atoms with Crippen LogP contribution in [0, 0.1) is 6.92 Å². The third-order valence-corrected chi connectivity index (χ3v) is 8.86. The molecule has 2 atom stereocenters. The number of benzene rings is 2. The van der Waals surface area contributed by atoms with E-state index in [9.17, 15) is 4.21 Å². The van der Waals surface area contributed by atoms with Crippen LogP contribution in [-0.4, -0.2) is 33.2 Å². The smallest absolute Gasteiger partial charge is 0.130 e. The third-order valence-electron chi connectivity index (χ3n) is 7.42. The number of fused-ring (bicyclic) bond motifs is 1. The van der Waals surface area contributed by atoms with Crippen LogP contribution in [0.4, 0.5) is 15.8 Å². The van der Waals surface area contributed by atoms with Crippen molar-refractivity contribution in [2.24, 2.45) is 0 Å². The first-order chi connectivity index (χ1) is 16.5. The van der Waals surface area contributed by atoms with E-state index in [0.29, 0.717) is 6.04 Å². The van der Waals surface area contributed by atoms with Gasteiger partial charge in [0.2, 0.25) is 0 Å². The Balaban J connectivity index is 1.42. The predicted octanol–water partition coefficient (Wildman–Crippen LogP) is 6.59. The van der Waals surface area contributed by atoms with Gasteiger partial charge in [-0.15, -0.1) is 0 Å². The highest BCUT2D eigenvalue weighted by Gasteiger charge is 2.30. The van der Waals surface area contributed by atoms with Crippen LogP contribution in [0.5, 0.6) is 0 Å². The zero-order chi connectivity index (χ0) is 23.7. The molecule has 1 saturated heterocycles. The van der Waals surface area contributed by atoms with Crippen molar-refractivity contribution >= 4 is 27.7 Å². The Labute approximate surface area is 204 Å². The standard InChI is InChI=1S/C29H33FN2OS/c1-3-21-7-4-5-9-27(30)29(21)26-17-23(12-11-20(26)2)31-28-10-6-8-22-18-32(15-13-25(22)28)24-14-16-34(33)19-24/h4-6,8-12,17,24,31H,3,7,13-16,18-19H2,1-2H3. The van der Waals surface area contributed by atoms with Crippen LogP contribution in [0.2, 0.25) is 0 Å². The second-order valence-electron chi connectivity index (χ2n) is 9.55. The normalized spacial score (nSPS) is 23.0. The SMILES string of the molecule is CCC1=C(c2cc(Nc3cccc4c3CCN(C3CCS(=O)C3)C4)ccc2C)C(F)=CC=CC1. The lowest BCUT2D eigenvalue weighted by Gasteiger charge is -2.34. The van der Waals surface area contributed by atoms with Gasteiger partial charge in [0.25, 0.3) is 0 Å². The summed E-state index contributed by atoms with van der Waals surface area (Å²) in [5.74, 6) is 1.50. The van der Waals surface area contributed by atoms with E-state index >= 15 is 4.39 Å². The minimum atomic E-state index is -0.649. The van der Waals surface area contributed by atoms with Gasteiger partial charge in [0.05, 0.1) is 0 Å². The molecule has 1 aliphatic carbocycles. The van der Waals surface area contributed by atoms with Gasteiger partial charge in [0, 0.05) is 58.4 Å². The summed E-state index contributed by atoms with van der Waals surface area (Å²) < 4.78 is 27.0. The highest BCUT2D eigenvalue weighted by molar-refractivity contribution is 7.85. The summed E-state index contributed by atoms with van der Waals surface area (Å²) in [5, 5.41) is 3.65. The maximum atomic E-state index is 15.1. The predicted molar refractivity (Wildman–Crippen MR) is 141 cm³/mol. The van der Waals surface area contributed by atoms with Crippen LogP contribution < -0.4 is 5.32 Å². The highest BCUT2D eigenvalue weighted by Crippen LogP contribution is 2.37. The number of hydrogen-bond acceptors (Lipinski definition) is 3. The molecular weight excluding hydrogens is 443 g/mol. The van der Waals surface area contributed by atoms with Crippen molar-refractivity contribution in [2.45, 2.75) is 52.1 Å². The molecule has 2 unspecified atom stereocenters. The van der Waals surface area contributed by atoms with Crippen LogP contribution in [0.3, 0.4) is 0 Å². The minimum Gasteiger partial charge on any atom is -0.355 e. The molecule has 34 heavy (non-hydrogen) atoms. The van der Waals surface area contributed by atoms with Crippen molar-refractivity contribution < 1.29 is 8.60 Å². The quantitative estimate of drug-likeness (QED) is 0.528. The second-order valence-corrected chi connectivity index (χ2v) is 11.2. The average molecular weight is 477 g/mol. The summed E-state index contributed by atoms with van der Waals surface area (Å²) in [6, 6.07) is 13.2. The molecule has 2 aliphatic heterocycles. The van der Waals surface area contributed by atoms with Crippen LogP contribution in [-0.2, 0) is 23.8 Å². The van der Waals surface area contributed by atoms with Crippen LogP contribution in [0.1, 0.15) is 48.4 Å². The Morgan fingerprint density at radius 3 is 2.91 bits per heavy atom. The van der Waals surface area contributed by atoms with E-state index < -0.39 is 10.8 Å². The summed E-state index contributed by atoms with van der Waals surface area (Å²) >= 11 is 0. The van der Waals surface area contributed by atoms with Crippen molar-refractivity contribution in [3.63, 3.8) is 0 Å². The Hall–Kier alpha value is -2.50. The number of nitrogens with one attached hydrogen (secondary N) is 1. The van der Waals surface area contributed by atoms with Gasteiger partial charge < -0.3 is 5.32 Å². The van der Waals surface area contributed by atoms with Gasteiger partial charge in [0.1, 0.15) is 5.83 Å². The minimum absolute atomic E-state index is 0.157. The Kier molecular flexibility index (Phi) is 6.84. The Bertz CT molecular complexity index is 1210. The van der Waals surface area contributed by atoms with Gasteiger partial charge in [0.15, 0.2) is 0 Å². The largest absolute Gasteiger partial charge is 0.355 e. The molecule has 0 saturated carbocycles. The highest BCUT2D eigenvalue weighted by atomic mass is 32.2. The molecule has 3 aliphatic rings. The zero-order valence-corrected chi connectivity index (χ0v) is 20.9. The zero-order valence-electron chi connectivity index (χ0n) is 20.1. The van der Waals surface area contributed by atoms with E-state index in [2.05, 4.69) is 60.5 Å². The molecule has 0 bridgehead atoms. The second kappa shape index (κ2) is 10.0. The lowest BCUT2D eigenvalue weighted by Crippen LogP contribution is -2.39. The van der Waals surface area contributed by atoms with Crippen LogP contribution in [0.15, 0.2) is 66.0 Å². The lowest BCUT2D eigenvalue weighted by molar-refractivity contribution is 0.195. The summed E-state index contributed by atoms with van der Waals surface area (Å²) in [6.45, 7) is 6.08. The lowest BCUT2D eigenvalue weighted by atomic mass is 9.92. The van der Waals surface area contributed by atoms with Gasteiger partial charge in [-0.2, -0.15) is 0 Å². The molecule has 2 aromatic carbocycles. The number of rotatable bonds is 5. The summed E-state index contributed by atoms with van der Waals surface area (Å²) in [6.07, 6.45) is 9.07. The summed E-state index contributed by atoms with van der Waals surface area (Å²) in [7, 11) is -0.649. The summed E-state index contributed by atoms with van der Waals surface area (Å²) in [4.78, 5) is 2.51. The maximum absolute atomic E-state index is 15.1. The fourth-order valence-electron chi connectivity index (χ4n) is 5.48. The number of aryl methyl sites for hydroxylation is 1. The first-order valence-corrected chi connectivity index (χ1v) is 13.8. The van der Waals surface area contributed by atoms with Crippen LogP contribution in [0.25, 0.3) is 5.57 Å². The van der Waals surface area contributed by atoms with E-state index in [0.717, 1.165) is 83.9 Å². The molecule has 178 valence electrons. The molecule has 0 radical (unpaired) electrons. The van der Waals surface area contributed by atoms with Gasteiger partial charge in [-0.1, -0.05) is 42.8 Å². The molecule has 2 heterocycles. The number of anilines is 2. The van der Waals surface area contributed by atoms with Crippen molar-refractivity contribution in [2.75, 3.05) is 23.4 Å². The molecule has 5 rings (SSSR count). The Morgan fingerprint density at radius 2 is 2.12 bits per heavy atom. The number of halogens is 1. The average Bonchev–Trinajstić information content (AvgIpc) is 3.19. The third kappa shape index (κ3) is 4.69. The van der Waals surface area contributed by atoms with Crippen molar-refractivity contribution in [3.05, 3.63) is 88.3 Å². The molecule has 1 N–H and O–H groups in total. The van der Waals surface area contributed by atoms with E-state index in [1.54, 1.807) is 6.08 Å². The fraction of sp³-hybridized carbons (Fsp3) is 0.379. The fourth-order valence-corrected chi connectivity index (χ4v) is 6.99.